The Morgan fingerprint density at radius 3 is 2.50 bits per heavy atom. The van der Waals surface area contributed by atoms with E-state index < -0.39 is 0 Å². The van der Waals surface area contributed by atoms with Crippen LogP contribution in [0.4, 0.5) is 0 Å². The average Bonchev–Trinajstić information content (AvgIpc) is 3.37. The first-order valence-corrected chi connectivity index (χ1v) is 21.0. The van der Waals surface area contributed by atoms with Crippen molar-refractivity contribution in [1.82, 2.24) is 9.80 Å². The van der Waals surface area contributed by atoms with Crippen molar-refractivity contribution in [2.75, 3.05) is 73.0 Å². The number of methoxy groups -OCH3 is 1. The lowest BCUT2D eigenvalue weighted by Gasteiger charge is -2.50. The molecular formula is C39H68N2O3S2. The summed E-state index contributed by atoms with van der Waals surface area (Å²) in [5.74, 6) is 4.65. The van der Waals surface area contributed by atoms with E-state index in [1.807, 2.05) is 0 Å². The van der Waals surface area contributed by atoms with Crippen LogP contribution in [0.1, 0.15) is 115 Å². The first-order valence-electron chi connectivity index (χ1n) is 18.7. The molecule has 46 heavy (non-hydrogen) atoms. The van der Waals surface area contributed by atoms with Crippen LogP contribution in [0.3, 0.4) is 0 Å². The molecule has 2 saturated carbocycles. The molecule has 5 nitrogen and oxygen atoms in total. The van der Waals surface area contributed by atoms with Crippen molar-refractivity contribution in [3.63, 3.8) is 0 Å². The van der Waals surface area contributed by atoms with Gasteiger partial charge in [-0.15, -0.1) is 0 Å². The Hall–Kier alpha value is -0.440. The summed E-state index contributed by atoms with van der Waals surface area (Å²) < 4.78 is 18.4. The summed E-state index contributed by atoms with van der Waals surface area (Å²) in [5, 5.41) is 0. The number of hydrogen-bond acceptors (Lipinski definition) is 7. The molecule has 0 saturated heterocycles. The Morgan fingerprint density at radius 2 is 1.70 bits per heavy atom. The largest absolute Gasteiger partial charge is 0.492 e. The molecular weight excluding hydrogens is 609 g/mol. The van der Waals surface area contributed by atoms with Gasteiger partial charge >= 0.3 is 0 Å². The van der Waals surface area contributed by atoms with Crippen LogP contribution in [-0.2, 0) is 15.9 Å². The van der Waals surface area contributed by atoms with Crippen molar-refractivity contribution in [2.24, 2.45) is 17.3 Å². The van der Waals surface area contributed by atoms with Gasteiger partial charge in [-0.3, -0.25) is 0 Å². The van der Waals surface area contributed by atoms with Crippen molar-refractivity contribution >= 4 is 21.6 Å². The van der Waals surface area contributed by atoms with Crippen LogP contribution in [0.25, 0.3) is 0 Å². The van der Waals surface area contributed by atoms with Gasteiger partial charge < -0.3 is 24.0 Å². The molecule has 0 radical (unpaired) electrons. The quantitative estimate of drug-likeness (QED) is 0.0895. The van der Waals surface area contributed by atoms with Crippen LogP contribution in [0.5, 0.6) is 5.75 Å². The Morgan fingerprint density at radius 1 is 0.913 bits per heavy atom. The van der Waals surface area contributed by atoms with Crippen LogP contribution in [-0.4, -0.2) is 93.6 Å². The number of hydrogen-bond donors (Lipinski definition) is 0. The summed E-state index contributed by atoms with van der Waals surface area (Å²) in [5.41, 5.74) is 3.53. The highest BCUT2D eigenvalue weighted by molar-refractivity contribution is 8.77. The second-order valence-electron chi connectivity index (χ2n) is 15.5. The molecule has 2 fully saturated rings. The van der Waals surface area contributed by atoms with E-state index in [4.69, 9.17) is 14.2 Å². The number of unbranched alkanes of at least 4 members (excludes halogenated alkanes) is 3. The monoisotopic (exact) mass is 676 g/mol. The lowest BCUT2D eigenvalue weighted by atomic mass is 9.55. The number of aryl methyl sites for hydroxylation is 1. The predicted octanol–water partition coefficient (Wildman–Crippen LogP) is 9.34. The third-order valence-electron chi connectivity index (χ3n) is 11.5. The highest BCUT2D eigenvalue weighted by Gasteiger charge is 2.55. The van der Waals surface area contributed by atoms with Crippen LogP contribution in [0.2, 0.25) is 0 Å². The van der Waals surface area contributed by atoms with E-state index in [1.165, 1.54) is 82.8 Å². The minimum absolute atomic E-state index is 0.292. The summed E-state index contributed by atoms with van der Waals surface area (Å²) in [6.07, 6.45) is 15.7. The van der Waals surface area contributed by atoms with E-state index in [0.29, 0.717) is 16.3 Å². The SMILES string of the molecule is CCCN(C)CCO[C@H]1CCC2C3CCc4cc(OCCN(C)CCC(C)(C)SSCCCCCCOC)ccc4C3CC[C@@]21C. The normalized spacial score (nSPS) is 25.9. The fraction of sp³-hybridized carbons (Fsp3) is 0.846. The molecule has 0 heterocycles. The average molecular weight is 677 g/mol. The van der Waals surface area contributed by atoms with E-state index >= 15 is 0 Å². The molecule has 4 rings (SSSR count). The number of rotatable bonds is 22. The van der Waals surface area contributed by atoms with Gasteiger partial charge in [0.1, 0.15) is 12.4 Å². The van der Waals surface area contributed by atoms with Gasteiger partial charge in [-0.05, 0) is 152 Å². The van der Waals surface area contributed by atoms with Crippen molar-refractivity contribution in [2.45, 2.75) is 122 Å². The standard InChI is InChI=1S/C39H68N2O3S2/c1-8-22-40(5)25-28-44-37-18-17-36-35-15-13-31-30-32(14-16-33(31)34(35)19-20-39(36,37)4)43-27-24-41(6)23-21-38(2,3)46-45-29-12-10-9-11-26-42-7/h14,16,30,34-37H,8-13,15,17-29H2,1-7H3/t34?,35?,36?,37-,39-/m0/s1. The maximum absolute atomic E-state index is 6.61. The van der Waals surface area contributed by atoms with Gasteiger partial charge in [-0.2, -0.15) is 0 Å². The Labute approximate surface area is 291 Å². The third kappa shape index (κ3) is 11.0. The molecule has 0 N–H and O–H groups in total. The van der Waals surface area contributed by atoms with Gasteiger partial charge in [0.15, 0.2) is 0 Å². The van der Waals surface area contributed by atoms with Crippen molar-refractivity contribution < 1.29 is 14.2 Å². The molecule has 5 atom stereocenters. The van der Waals surface area contributed by atoms with Gasteiger partial charge in [0.2, 0.25) is 0 Å². The van der Waals surface area contributed by atoms with Crippen molar-refractivity contribution in [3.05, 3.63) is 29.3 Å². The van der Waals surface area contributed by atoms with Gasteiger partial charge in [-0.1, -0.05) is 54.3 Å². The molecule has 1 aromatic carbocycles. The van der Waals surface area contributed by atoms with E-state index in [9.17, 15) is 0 Å². The summed E-state index contributed by atoms with van der Waals surface area (Å²) in [6, 6.07) is 7.07. The minimum Gasteiger partial charge on any atom is -0.492 e. The van der Waals surface area contributed by atoms with E-state index in [-0.39, 0.29) is 0 Å². The van der Waals surface area contributed by atoms with Crippen LogP contribution < -0.4 is 4.74 Å². The smallest absolute Gasteiger partial charge is 0.119 e. The molecule has 3 aliphatic carbocycles. The fourth-order valence-electron chi connectivity index (χ4n) is 8.61. The van der Waals surface area contributed by atoms with Crippen LogP contribution in [0.15, 0.2) is 18.2 Å². The molecule has 0 spiro atoms. The summed E-state index contributed by atoms with van der Waals surface area (Å²) >= 11 is 0. The van der Waals surface area contributed by atoms with Gasteiger partial charge in [0.25, 0.3) is 0 Å². The van der Waals surface area contributed by atoms with Crippen LogP contribution >= 0.6 is 21.6 Å². The van der Waals surface area contributed by atoms with E-state index in [1.54, 1.807) is 18.2 Å². The number of likely N-dealkylation sites (N-methyl/N-ethyl adjacent to an activating group) is 2. The number of ether oxygens (including phenoxy) is 3. The first-order chi connectivity index (χ1) is 22.2. The molecule has 0 aliphatic heterocycles. The zero-order valence-electron chi connectivity index (χ0n) is 30.6. The molecule has 3 unspecified atom stereocenters. The molecule has 0 bridgehead atoms. The van der Waals surface area contributed by atoms with Crippen molar-refractivity contribution in [1.29, 1.82) is 0 Å². The minimum atomic E-state index is 0.292. The lowest BCUT2D eigenvalue weighted by Crippen LogP contribution is -2.45. The lowest BCUT2D eigenvalue weighted by molar-refractivity contribution is -0.0668. The summed E-state index contributed by atoms with van der Waals surface area (Å²) in [7, 11) is 10.4. The molecule has 264 valence electrons. The van der Waals surface area contributed by atoms with E-state index in [2.05, 4.69) is 91.4 Å². The molecule has 0 amide bonds. The molecule has 3 aliphatic rings. The highest BCUT2D eigenvalue weighted by Crippen LogP contribution is 2.61. The zero-order valence-corrected chi connectivity index (χ0v) is 32.3. The van der Waals surface area contributed by atoms with E-state index in [0.717, 1.165) is 69.5 Å². The van der Waals surface area contributed by atoms with Gasteiger partial charge in [-0.25, -0.2) is 0 Å². The Balaban J connectivity index is 1.16. The number of fused-ring (bicyclic) bond motifs is 5. The Bertz CT molecular complexity index is 1020. The first kappa shape index (κ1) is 38.4. The predicted molar refractivity (Wildman–Crippen MR) is 201 cm³/mol. The highest BCUT2D eigenvalue weighted by atomic mass is 33.1. The fourth-order valence-corrected chi connectivity index (χ4v) is 11.3. The number of benzene rings is 1. The third-order valence-corrected chi connectivity index (χ3v) is 14.9. The van der Waals surface area contributed by atoms with Gasteiger partial charge in [0.05, 0.1) is 12.7 Å². The number of nitrogens with zero attached hydrogens (tertiary/aromatic N) is 2. The van der Waals surface area contributed by atoms with Crippen LogP contribution in [0, 0.1) is 17.3 Å². The second kappa shape index (κ2) is 19.1. The maximum Gasteiger partial charge on any atom is 0.119 e. The molecule has 1 aromatic rings. The Kier molecular flexibility index (Phi) is 15.9. The van der Waals surface area contributed by atoms with Gasteiger partial charge in [0, 0.05) is 37.3 Å². The van der Waals surface area contributed by atoms with Crippen molar-refractivity contribution in [3.8, 4) is 5.75 Å². The second-order valence-corrected chi connectivity index (χ2v) is 18.7. The molecule has 7 heteroatoms. The summed E-state index contributed by atoms with van der Waals surface area (Å²) in [4.78, 5) is 4.85. The molecule has 0 aromatic heterocycles. The maximum atomic E-state index is 6.61. The topological polar surface area (TPSA) is 34.2 Å². The zero-order chi connectivity index (χ0) is 33.0. The summed E-state index contributed by atoms with van der Waals surface area (Å²) in [6.45, 7) is 16.4.